The summed E-state index contributed by atoms with van der Waals surface area (Å²) in [6.45, 7) is 0. The van der Waals surface area contributed by atoms with Gasteiger partial charge in [-0.15, -0.1) is 0 Å². The molecule has 0 unspecified atom stereocenters. The van der Waals surface area contributed by atoms with Crippen molar-refractivity contribution >= 4 is 11.8 Å². The highest BCUT2D eigenvalue weighted by molar-refractivity contribution is 5.94. The molecule has 0 saturated heterocycles. The van der Waals surface area contributed by atoms with E-state index in [9.17, 15) is 14.9 Å². The first-order valence-corrected chi connectivity index (χ1v) is 8.25. The molecule has 2 rings (SSSR count). The van der Waals surface area contributed by atoms with E-state index in [1.165, 1.54) is 21.3 Å². The maximum absolute atomic E-state index is 12.9. The Morgan fingerprint density at radius 3 is 2.60 bits per heavy atom. The third kappa shape index (κ3) is 3.46. The Balaban J connectivity index is 2.54. The van der Waals surface area contributed by atoms with E-state index in [1.807, 2.05) is 12.1 Å². The van der Waals surface area contributed by atoms with Crippen LogP contribution in [-0.4, -0.2) is 33.1 Å². The van der Waals surface area contributed by atoms with Gasteiger partial charge in [-0.25, -0.2) is 0 Å². The molecule has 134 valence electrons. The van der Waals surface area contributed by atoms with E-state index in [0.29, 0.717) is 37.2 Å². The quantitative estimate of drug-likeness (QED) is 0.706. The van der Waals surface area contributed by atoms with Gasteiger partial charge in [-0.1, -0.05) is 6.07 Å². The highest BCUT2D eigenvalue weighted by Gasteiger charge is 2.46. The molecule has 1 aliphatic rings. The number of hydrogen-bond donors (Lipinski definition) is 0. The fourth-order valence-electron chi connectivity index (χ4n) is 3.64. The molecule has 0 N–H and O–H groups in total. The molecule has 0 saturated carbocycles. The van der Waals surface area contributed by atoms with Crippen molar-refractivity contribution in [2.45, 2.75) is 43.9 Å². The highest BCUT2D eigenvalue weighted by Crippen LogP contribution is 2.49. The normalized spacial score (nSPS) is 18.9. The molecule has 25 heavy (non-hydrogen) atoms. The number of methoxy groups -OCH3 is 3. The Morgan fingerprint density at radius 2 is 2.00 bits per heavy atom. The van der Waals surface area contributed by atoms with Crippen molar-refractivity contribution in [3.63, 3.8) is 0 Å². The van der Waals surface area contributed by atoms with Gasteiger partial charge in [0.15, 0.2) is 11.5 Å². The lowest BCUT2D eigenvalue weighted by Gasteiger charge is -2.37. The Bertz CT molecular complexity index is 707. The number of aryl methyl sites for hydroxylation is 1. The number of ether oxygens (including phenoxy) is 3. The van der Waals surface area contributed by atoms with E-state index in [1.54, 1.807) is 0 Å². The summed E-state index contributed by atoms with van der Waals surface area (Å²) < 4.78 is 15.6. The van der Waals surface area contributed by atoms with Gasteiger partial charge in [-0.2, -0.15) is 5.26 Å². The number of ketones is 1. The first kappa shape index (κ1) is 18.8. The highest BCUT2D eigenvalue weighted by atomic mass is 16.5. The molecule has 1 aliphatic carbocycles. The SMILES string of the molecule is COC(=O)CCC[C@]1(CC#N)C(=O)CCc2ccc(OC)c(OC)c21. The van der Waals surface area contributed by atoms with Crippen LogP contribution in [0.5, 0.6) is 11.5 Å². The number of nitriles is 1. The van der Waals surface area contributed by atoms with Crippen LogP contribution >= 0.6 is 0 Å². The molecular formula is C19H23NO5. The summed E-state index contributed by atoms with van der Waals surface area (Å²) in [5.41, 5.74) is 0.749. The second kappa shape index (κ2) is 8.02. The topological polar surface area (TPSA) is 85.6 Å². The second-order valence-electron chi connectivity index (χ2n) is 6.11. The van der Waals surface area contributed by atoms with Gasteiger partial charge in [0.2, 0.25) is 0 Å². The molecule has 1 aromatic rings. The van der Waals surface area contributed by atoms with Gasteiger partial charge in [-0.3, -0.25) is 9.59 Å². The molecule has 0 bridgehead atoms. The van der Waals surface area contributed by atoms with Crippen LogP contribution in [0.1, 0.15) is 43.2 Å². The molecule has 0 radical (unpaired) electrons. The maximum atomic E-state index is 12.9. The Morgan fingerprint density at radius 1 is 1.24 bits per heavy atom. The van der Waals surface area contributed by atoms with Crippen molar-refractivity contribution in [2.75, 3.05) is 21.3 Å². The zero-order valence-electron chi connectivity index (χ0n) is 14.9. The number of fused-ring (bicyclic) bond motifs is 1. The smallest absolute Gasteiger partial charge is 0.305 e. The standard InChI is InChI=1S/C19H23NO5/c1-23-14-8-6-13-7-9-15(21)19(11-12-20,17(13)18(14)25-3)10-4-5-16(22)24-2/h6,8H,4-5,7,9-11H2,1-3H3/t19-/m0/s1. The van der Waals surface area contributed by atoms with E-state index < -0.39 is 5.41 Å². The van der Waals surface area contributed by atoms with E-state index >= 15 is 0 Å². The minimum Gasteiger partial charge on any atom is -0.493 e. The maximum Gasteiger partial charge on any atom is 0.305 e. The Hall–Kier alpha value is -2.55. The fraction of sp³-hybridized carbons (Fsp3) is 0.526. The third-order valence-corrected chi connectivity index (χ3v) is 4.86. The van der Waals surface area contributed by atoms with Crippen LogP contribution in [0.2, 0.25) is 0 Å². The number of Topliss-reactive ketones (excluding diaryl/α,β-unsaturated/α-hetero) is 1. The first-order chi connectivity index (χ1) is 12.0. The largest absolute Gasteiger partial charge is 0.493 e. The number of esters is 1. The van der Waals surface area contributed by atoms with E-state index in [-0.39, 0.29) is 24.6 Å². The van der Waals surface area contributed by atoms with Crippen LogP contribution in [-0.2, 0) is 26.2 Å². The van der Waals surface area contributed by atoms with Crippen LogP contribution in [0.3, 0.4) is 0 Å². The molecule has 0 aromatic heterocycles. The van der Waals surface area contributed by atoms with Crippen molar-refractivity contribution in [3.8, 4) is 17.6 Å². The van der Waals surface area contributed by atoms with E-state index in [4.69, 9.17) is 9.47 Å². The molecule has 0 heterocycles. The van der Waals surface area contributed by atoms with Gasteiger partial charge in [0.1, 0.15) is 5.78 Å². The van der Waals surface area contributed by atoms with Gasteiger partial charge in [-0.05, 0) is 30.9 Å². The molecule has 6 heteroatoms. The van der Waals surface area contributed by atoms with Crippen molar-refractivity contribution in [1.82, 2.24) is 0 Å². The van der Waals surface area contributed by atoms with Gasteiger partial charge in [0, 0.05) is 18.4 Å². The molecule has 1 aromatic carbocycles. The van der Waals surface area contributed by atoms with Crippen molar-refractivity contribution < 1.29 is 23.8 Å². The number of hydrogen-bond acceptors (Lipinski definition) is 6. The van der Waals surface area contributed by atoms with Gasteiger partial charge >= 0.3 is 5.97 Å². The summed E-state index contributed by atoms with van der Waals surface area (Å²) in [5, 5.41) is 9.41. The first-order valence-electron chi connectivity index (χ1n) is 8.25. The fourth-order valence-corrected chi connectivity index (χ4v) is 3.64. The summed E-state index contributed by atoms with van der Waals surface area (Å²) in [7, 11) is 4.41. The molecule has 1 atom stereocenters. The number of carbonyl (C=O) groups is 2. The lowest BCUT2D eigenvalue weighted by atomic mass is 9.64. The van der Waals surface area contributed by atoms with Gasteiger partial charge in [0.25, 0.3) is 0 Å². The van der Waals surface area contributed by atoms with Crippen LogP contribution in [0, 0.1) is 11.3 Å². The zero-order valence-corrected chi connectivity index (χ0v) is 14.9. The number of benzene rings is 1. The second-order valence-corrected chi connectivity index (χ2v) is 6.11. The summed E-state index contributed by atoms with van der Waals surface area (Å²) in [4.78, 5) is 24.4. The molecule has 0 fully saturated rings. The van der Waals surface area contributed by atoms with Crippen LogP contribution in [0.4, 0.5) is 0 Å². The lowest BCUT2D eigenvalue weighted by Crippen LogP contribution is -2.40. The minimum absolute atomic E-state index is 0.0120. The Labute approximate surface area is 147 Å². The third-order valence-electron chi connectivity index (χ3n) is 4.86. The molecule has 0 amide bonds. The summed E-state index contributed by atoms with van der Waals surface area (Å²) >= 11 is 0. The van der Waals surface area contributed by atoms with Crippen molar-refractivity contribution in [3.05, 3.63) is 23.3 Å². The predicted octanol–water partition coefficient (Wildman–Crippen LogP) is 2.71. The lowest BCUT2D eigenvalue weighted by molar-refractivity contribution is -0.141. The average molecular weight is 345 g/mol. The van der Waals surface area contributed by atoms with Crippen LogP contribution < -0.4 is 9.47 Å². The number of rotatable bonds is 7. The molecule has 0 aliphatic heterocycles. The summed E-state index contributed by atoms with van der Waals surface area (Å²) in [5.74, 6) is 0.721. The molecule has 6 nitrogen and oxygen atoms in total. The molecule has 0 spiro atoms. The minimum atomic E-state index is -0.976. The predicted molar refractivity (Wildman–Crippen MR) is 90.6 cm³/mol. The summed E-state index contributed by atoms with van der Waals surface area (Å²) in [6, 6.07) is 5.90. The van der Waals surface area contributed by atoms with Crippen LogP contribution in [0.25, 0.3) is 0 Å². The number of carbonyl (C=O) groups excluding carboxylic acids is 2. The average Bonchev–Trinajstić information content (AvgIpc) is 2.63. The number of nitrogens with zero attached hydrogens (tertiary/aromatic N) is 1. The Kier molecular flexibility index (Phi) is 6.02. The summed E-state index contributed by atoms with van der Waals surface area (Å²) in [6.07, 6.45) is 2.09. The van der Waals surface area contributed by atoms with Gasteiger partial charge < -0.3 is 14.2 Å². The van der Waals surface area contributed by atoms with Crippen molar-refractivity contribution in [2.24, 2.45) is 0 Å². The van der Waals surface area contributed by atoms with Crippen molar-refractivity contribution in [1.29, 1.82) is 5.26 Å². The monoisotopic (exact) mass is 345 g/mol. The van der Waals surface area contributed by atoms with E-state index in [0.717, 1.165) is 11.1 Å². The van der Waals surface area contributed by atoms with Gasteiger partial charge in [0.05, 0.1) is 39.2 Å². The molecular weight excluding hydrogens is 322 g/mol. The van der Waals surface area contributed by atoms with Crippen LogP contribution in [0.15, 0.2) is 12.1 Å². The van der Waals surface area contributed by atoms with E-state index in [2.05, 4.69) is 10.8 Å². The zero-order chi connectivity index (χ0) is 18.4.